The molecular formula is C9H14O4. The normalized spacial score (nSPS) is 11.1. The van der Waals surface area contributed by atoms with Gasteiger partial charge < -0.3 is 9.84 Å². The van der Waals surface area contributed by atoms with Crippen molar-refractivity contribution in [1.29, 1.82) is 0 Å². The molecule has 0 aromatic carbocycles. The van der Waals surface area contributed by atoms with Gasteiger partial charge in [0.05, 0.1) is 7.11 Å². The molecule has 4 nitrogen and oxygen atoms in total. The Balaban J connectivity index is 3.71. The fraction of sp³-hybridized carbons (Fsp3) is 0.556. The minimum Gasteiger partial charge on any atom is -0.481 e. The van der Waals surface area contributed by atoms with E-state index in [0.717, 1.165) is 0 Å². The molecule has 0 amide bonds. The van der Waals surface area contributed by atoms with Crippen LogP contribution in [0.4, 0.5) is 0 Å². The summed E-state index contributed by atoms with van der Waals surface area (Å²) in [5.41, 5.74) is 0.521. The third-order valence-electron chi connectivity index (χ3n) is 1.55. The van der Waals surface area contributed by atoms with Crippen LogP contribution in [0.15, 0.2) is 11.6 Å². The Morgan fingerprint density at radius 3 is 2.54 bits per heavy atom. The molecule has 13 heavy (non-hydrogen) atoms. The molecule has 0 unspecified atom stereocenters. The molecule has 0 radical (unpaired) electrons. The Labute approximate surface area is 77.2 Å². The maximum Gasteiger partial charge on any atom is 0.333 e. The van der Waals surface area contributed by atoms with Crippen LogP contribution in [0.25, 0.3) is 0 Å². The largest absolute Gasteiger partial charge is 0.481 e. The number of rotatable bonds is 5. The minimum absolute atomic E-state index is 0.130. The Bertz CT molecular complexity index is 218. The highest BCUT2D eigenvalue weighted by molar-refractivity contribution is 5.87. The molecule has 0 aromatic heterocycles. The van der Waals surface area contributed by atoms with Crippen LogP contribution in [-0.2, 0) is 14.3 Å². The SMILES string of the molecule is COC(=O)C(C)=CCCCC(=O)O. The molecule has 0 aliphatic rings. The first kappa shape index (κ1) is 11.7. The number of hydrogen-bond acceptors (Lipinski definition) is 3. The van der Waals surface area contributed by atoms with Gasteiger partial charge in [-0.3, -0.25) is 4.79 Å². The van der Waals surface area contributed by atoms with Gasteiger partial charge in [-0.25, -0.2) is 4.79 Å². The molecule has 0 rings (SSSR count). The van der Waals surface area contributed by atoms with Crippen molar-refractivity contribution in [1.82, 2.24) is 0 Å². The number of esters is 1. The van der Waals surface area contributed by atoms with E-state index in [2.05, 4.69) is 4.74 Å². The number of allylic oxidation sites excluding steroid dienone is 1. The lowest BCUT2D eigenvalue weighted by molar-refractivity contribution is -0.137. The first-order chi connectivity index (χ1) is 6.07. The molecule has 0 aromatic rings. The van der Waals surface area contributed by atoms with Crippen molar-refractivity contribution in [3.8, 4) is 0 Å². The summed E-state index contributed by atoms with van der Waals surface area (Å²) in [4.78, 5) is 21.0. The standard InChI is InChI=1S/C9H14O4/c1-7(9(12)13-2)5-3-4-6-8(10)11/h5H,3-4,6H2,1-2H3,(H,10,11). The third kappa shape index (κ3) is 5.90. The highest BCUT2D eigenvalue weighted by Crippen LogP contribution is 2.02. The predicted octanol–water partition coefficient (Wildman–Crippen LogP) is 1.36. The van der Waals surface area contributed by atoms with Gasteiger partial charge in [-0.05, 0) is 19.8 Å². The van der Waals surface area contributed by atoms with Crippen LogP contribution in [0.2, 0.25) is 0 Å². The predicted molar refractivity (Wildman–Crippen MR) is 47.3 cm³/mol. The van der Waals surface area contributed by atoms with E-state index in [9.17, 15) is 9.59 Å². The van der Waals surface area contributed by atoms with Gasteiger partial charge in [0.15, 0.2) is 0 Å². The second-order valence-electron chi connectivity index (χ2n) is 2.66. The van der Waals surface area contributed by atoms with Crippen molar-refractivity contribution >= 4 is 11.9 Å². The number of methoxy groups -OCH3 is 1. The lowest BCUT2D eigenvalue weighted by Gasteiger charge is -1.97. The molecule has 0 saturated heterocycles. The van der Waals surface area contributed by atoms with Crippen molar-refractivity contribution in [2.24, 2.45) is 0 Å². The third-order valence-corrected chi connectivity index (χ3v) is 1.55. The molecule has 1 N–H and O–H groups in total. The van der Waals surface area contributed by atoms with Gasteiger partial charge >= 0.3 is 11.9 Å². The van der Waals surface area contributed by atoms with Gasteiger partial charge in [-0.1, -0.05) is 6.08 Å². The van der Waals surface area contributed by atoms with Crippen molar-refractivity contribution in [3.05, 3.63) is 11.6 Å². The van der Waals surface area contributed by atoms with E-state index in [-0.39, 0.29) is 12.4 Å². The van der Waals surface area contributed by atoms with Gasteiger partial charge in [0.2, 0.25) is 0 Å². The lowest BCUT2D eigenvalue weighted by Crippen LogP contribution is -2.01. The maximum absolute atomic E-state index is 10.8. The average Bonchev–Trinajstić information content (AvgIpc) is 2.10. The quantitative estimate of drug-likeness (QED) is 0.400. The molecule has 0 bridgehead atoms. The molecule has 74 valence electrons. The monoisotopic (exact) mass is 186 g/mol. The van der Waals surface area contributed by atoms with Gasteiger partial charge in [0.1, 0.15) is 0 Å². The molecule has 4 heteroatoms. The van der Waals surface area contributed by atoms with Crippen LogP contribution in [0.1, 0.15) is 26.2 Å². The highest BCUT2D eigenvalue weighted by Gasteiger charge is 2.01. The van der Waals surface area contributed by atoms with Crippen LogP contribution in [-0.4, -0.2) is 24.2 Å². The zero-order valence-electron chi connectivity index (χ0n) is 7.87. The Hall–Kier alpha value is -1.32. The minimum atomic E-state index is -0.816. The Kier molecular flexibility index (Phi) is 5.59. The zero-order valence-corrected chi connectivity index (χ0v) is 7.87. The second kappa shape index (κ2) is 6.22. The van der Waals surface area contributed by atoms with E-state index >= 15 is 0 Å². The molecule has 0 spiro atoms. The van der Waals surface area contributed by atoms with Crippen molar-refractivity contribution in [3.63, 3.8) is 0 Å². The number of unbranched alkanes of at least 4 members (excludes halogenated alkanes) is 1. The zero-order chi connectivity index (χ0) is 10.3. The van der Waals surface area contributed by atoms with E-state index in [1.807, 2.05) is 0 Å². The summed E-state index contributed by atoms with van der Waals surface area (Å²) in [6.07, 6.45) is 2.95. The van der Waals surface area contributed by atoms with Crippen LogP contribution in [0.3, 0.4) is 0 Å². The van der Waals surface area contributed by atoms with Gasteiger partial charge in [0, 0.05) is 12.0 Å². The Morgan fingerprint density at radius 1 is 1.46 bits per heavy atom. The molecule has 0 atom stereocenters. The first-order valence-corrected chi connectivity index (χ1v) is 4.04. The van der Waals surface area contributed by atoms with E-state index in [0.29, 0.717) is 18.4 Å². The summed E-state index contributed by atoms with van der Waals surface area (Å²) < 4.78 is 4.47. The number of ether oxygens (including phenoxy) is 1. The summed E-state index contributed by atoms with van der Waals surface area (Å²) in [6.45, 7) is 1.65. The summed E-state index contributed by atoms with van der Waals surface area (Å²) in [5, 5.41) is 8.32. The number of carboxylic acid groups (broad SMARTS) is 1. The van der Waals surface area contributed by atoms with Crippen LogP contribution in [0, 0.1) is 0 Å². The first-order valence-electron chi connectivity index (χ1n) is 4.04. The van der Waals surface area contributed by atoms with E-state index < -0.39 is 5.97 Å². The van der Waals surface area contributed by atoms with Crippen LogP contribution >= 0.6 is 0 Å². The van der Waals surface area contributed by atoms with Crippen molar-refractivity contribution in [2.75, 3.05) is 7.11 Å². The molecule has 0 heterocycles. The Morgan fingerprint density at radius 2 is 2.08 bits per heavy atom. The number of carbonyl (C=O) groups is 2. The topological polar surface area (TPSA) is 63.6 Å². The fourth-order valence-corrected chi connectivity index (χ4v) is 0.816. The van der Waals surface area contributed by atoms with E-state index in [1.165, 1.54) is 7.11 Å². The fourth-order valence-electron chi connectivity index (χ4n) is 0.816. The van der Waals surface area contributed by atoms with Gasteiger partial charge in [-0.15, -0.1) is 0 Å². The number of carbonyl (C=O) groups excluding carboxylic acids is 1. The maximum atomic E-state index is 10.8. The smallest absolute Gasteiger partial charge is 0.333 e. The summed E-state index contributed by atoms with van der Waals surface area (Å²) in [6, 6.07) is 0. The summed E-state index contributed by atoms with van der Waals surface area (Å²) >= 11 is 0. The molecule has 0 saturated carbocycles. The lowest BCUT2D eigenvalue weighted by atomic mass is 10.2. The van der Waals surface area contributed by atoms with Crippen molar-refractivity contribution in [2.45, 2.75) is 26.2 Å². The molecule has 0 aliphatic heterocycles. The summed E-state index contributed by atoms with van der Waals surface area (Å²) in [7, 11) is 1.32. The summed E-state index contributed by atoms with van der Waals surface area (Å²) in [5.74, 6) is -1.18. The average molecular weight is 186 g/mol. The van der Waals surface area contributed by atoms with Gasteiger partial charge in [0.25, 0.3) is 0 Å². The van der Waals surface area contributed by atoms with E-state index in [1.54, 1.807) is 13.0 Å². The second-order valence-corrected chi connectivity index (χ2v) is 2.66. The van der Waals surface area contributed by atoms with Gasteiger partial charge in [-0.2, -0.15) is 0 Å². The van der Waals surface area contributed by atoms with E-state index in [4.69, 9.17) is 5.11 Å². The van der Waals surface area contributed by atoms with Crippen LogP contribution < -0.4 is 0 Å². The number of aliphatic carboxylic acids is 1. The highest BCUT2D eigenvalue weighted by atomic mass is 16.5. The molecular weight excluding hydrogens is 172 g/mol. The van der Waals surface area contributed by atoms with Crippen molar-refractivity contribution < 1.29 is 19.4 Å². The number of carboxylic acids is 1. The molecule has 0 aliphatic carbocycles. The number of hydrogen-bond donors (Lipinski definition) is 1. The van der Waals surface area contributed by atoms with Crippen LogP contribution in [0.5, 0.6) is 0 Å². The molecule has 0 fully saturated rings.